The number of ether oxygens (including phenoxy) is 1. The lowest BCUT2D eigenvalue weighted by molar-refractivity contribution is -0.123. The first-order valence-electron chi connectivity index (χ1n) is 9.37. The maximum atomic E-state index is 12.7. The zero-order chi connectivity index (χ0) is 21.8. The summed E-state index contributed by atoms with van der Waals surface area (Å²) in [7, 11) is 0. The molecule has 0 N–H and O–H groups in total. The second kappa shape index (κ2) is 9.20. The van der Waals surface area contributed by atoms with Crippen LogP contribution in [0.2, 0.25) is 5.02 Å². The molecule has 4 rings (SSSR count). The minimum atomic E-state index is -0.471. The van der Waals surface area contributed by atoms with Gasteiger partial charge in [-0.1, -0.05) is 54.1 Å². The first-order valence-corrected chi connectivity index (χ1v) is 10.6. The monoisotopic (exact) mass is 449 g/mol. The molecular formula is C24H16ClNO4S. The van der Waals surface area contributed by atoms with Gasteiger partial charge < -0.3 is 4.74 Å². The van der Waals surface area contributed by atoms with E-state index in [0.717, 1.165) is 17.3 Å². The highest BCUT2D eigenvalue weighted by Crippen LogP contribution is 2.33. The summed E-state index contributed by atoms with van der Waals surface area (Å²) < 4.78 is 5.42. The highest BCUT2D eigenvalue weighted by Gasteiger charge is 2.35. The number of esters is 1. The SMILES string of the molecule is O=C(Oc1cccc(/C=C2\SC(=O)N(Cc3ccc(Cl)cc3)C2=O)c1)c1ccccc1. The van der Waals surface area contributed by atoms with E-state index >= 15 is 0 Å². The second-order valence-corrected chi connectivity index (χ2v) is 8.15. The van der Waals surface area contributed by atoms with E-state index in [1.807, 2.05) is 6.07 Å². The van der Waals surface area contributed by atoms with E-state index in [2.05, 4.69) is 0 Å². The van der Waals surface area contributed by atoms with Crippen molar-refractivity contribution < 1.29 is 19.1 Å². The molecule has 0 spiro atoms. The summed E-state index contributed by atoms with van der Waals surface area (Å²) in [5.41, 5.74) is 1.90. The molecule has 154 valence electrons. The Morgan fingerprint density at radius 1 is 0.968 bits per heavy atom. The summed E-state index contributed by atoms with van der Waals surface area (Å²) in [5, 5.41) is 0.253. The number of hydrogen-bond donors (Lipinski definition) is 0. The van der Waals surface area contributed by atoms with Gasteiger partial charge in [0.05, 0.1) is 17.0 Å². The first-order chi connectivity index (χ1) is 15.0. The molecule has 31 heavy (non-hydrogen) atoms. The normalized spacial score (nSPS) is 14.9. The number of carbonyl (C=O) groups excluding carboxylic acids is 3. The number of thioether (sulfide) groups is 1. The van der Waals surface area contributed by atoms with Gasteiger partial charge >= 0.3 is 5.97 Å². The van der Waals surface area contributed by atoms with Crippen molar-refractivity contribution in [3.05, 3.63) is 105 Å². The minimum absolute atomic E-state index is 0.175. The van der Waals surface area contributed by atoms with Crippen LogP contribution in [-0.2, 0) is 11.3 Å². The second-order valence-electron chi connectivity index (χ2n) is 6.72. The third-order valence-electron chi connectivity index (χ3n) is 4.50. The highest BCUT2D eigenvalue weighted by molar-refractivity contribution is 8.18. The molecule has 3 aromatic rings. The number of carbonyl (C=O) groups is 3. The number of hydrogen-bond acceptors (Lipinski definition) is 5. The fourth-order valence-electron chi connectivity index (χ4n) is 2.97. The Kier molecular flexibility index (Phi) is 6.21. The van der Waals surface area contributed by atoms with E-state index in [0.29, 0.717) is 26.8 Å². The highest BCUT2D eigenvalue weighted by atomic mass is 35.5. The van der Waals surface area contributed by atoms with Crippen LogP contribution in [-0.4, -0.2) is 22.0 Å². The average Bonchev–Trinajstić information content (AvgIpc) is 3.03. The standard InChI is InChI=1S/C24H16ClNO4S/c25-19-11-9-16(10-12-19)15-26-22(27)21(31-24(26)29)14-17-5-4-8-20(13-17)30-23(28)18-6-2-1-3-7-18/h1-14H,15H2/b21-14-. The number of benzene rings is 3. The molecule has 1 fully saturated rings. The zero-order valence-corrected chi connectivity index (χ0v) is 17.7. The van der Waals surface area contributed by atoms with Gasteiger partial charge in [-0.3, -0.25) is 14.5 Å². The van der Waals surface area contributed by atoms with Crippen molar-refractivity contribution in [2.45, 2.75) is 6.54 Å². The predicted octanol–water partition coefficient (Wildman–Crippen LogP) is 5.80. The number of rotatable bonds is 5. The van der Waals surface area contributed by atoms with Crippen LogP contribution >= 0.6 is 23.4 Å². The Balaban J connectivity index is 1.49. The fourth-order valence-corrected chi connectivity index (χ4v) is 3.93. The summed E-state index contributed by atoms with van der Waals surface area (Å²) >= 11 is 6.77. The molecule has 3 aromatic carbocycles. The summed E-state index contributed by atoms with van der Waals surface area (Å²) in [6.45, 7) is 0.175. The molecule has 0 saturated carbocycles. The molecule has 0 bridgehead atoms. The van der Waals surface area contributed by atoms with E-state index in [1.165, 1.54) is 4.90 Å². The van der Waals surface area contributed by atoms with Gasteiger partial charge in [0.15, 0.2) is 0 Å². The Labute approximate surface area is 188 Å². The van der Waals surface area contributed by atoms with Crippen molar-refractivity contribution >= 4 is 46.6 Å². The van der Waals surface area contributed by atoms with Crippen LogP contribution in [0.1, 0.15) is 21.5 Å². The molecule has 1 aliphatic heterocycles. The van der Waals surface area contributed by atoms with Crippen LogP contribution in [0, 0.1) is 0 Å². The molecule has 7 heteroatoms. The van der Waals surface area contributed by atoms with E-state index < -0.39 is 5.97 Å². The topological polar surface area (TPSA) is 63.7 Å². The van der Waals surface area contributed by atoms with Gasteiger partial charge in [-0.2, -0.15) is 0 Å². The van der Waals surface area contributed by atoms with Gasteiger partial charge in [0.2, 0.25) is 0 Å². The van der Waals surface area contributed by atoms with Gasteiger partial charge in [0.25, 0.3) is 11.1 Å². The van der Waals surface area contributed by atoms with Gasteiger partial charge in [-0.25, -0.2) is 4.79 Å². The molecule has 1 aliphatic rings. The van der Waals surface area contributed by atoms with Crippen molar-refractivity contribution in [1.82, 2.24) is 4.90 Å². The molecular weight excluding hydrogens is 434 g/mol. The van der Waals surface area contributed by atoms with E-state index in [9.17, 15) is 14.4 Å². The van der Waals surface area contributed by atoms with E-state index in [-0.39, 0.29) is 17.7 Å². The van der Waals surface area contributed by atoms with Crippen LogP contribution in [0.15, 0.2) is 83.8 Å². The fraction of sp³-hybridized carbons (Fsp3) is 0.0417. The van der Waals surface area contributed by atoms with E-state index in [4.69, 9.17) is 16.3 Å². The third-order valence-corrected chi connectivity index (χ3v) is 5.66. The number of nitrogens with zero attached hydrogens (tertiary/aromatic N) is 1. The van der Waals surface area contributed by atoms with E-state index in [1.54, 1.807) is 78.9 Å². The van der Waals surface area contributed by atoms with Crippen LogP contribution < -0.4 is 4.74 Å². The van der Waals surface area contributed by atoms with Crippen molar-refractivity contribution in [2.75, 3.05) is 0 Å². The van der Waals surface area contributed by atoms with Crippen molar-refractivity contribution in [1.29, 1.82) is 0 Å². The molecule has 0 aliphatic carbocycles. The number of halogens is 1. The molecule has 0 unspecified atom stereocenters. The Morgan fingerprint density at radius 3 is 2.45 bits per heavy atom. The van der Waals surface area contributed by atoms with Gasteiger partial charge in [-0.05, 0) is 65.4 Å². The summed E-state index contributed by atoms with van der Waals surface area (Å²) in [6.07, 6.45) is 1.62. The number of amides is 2. The maximum Gasteiger partial charge on any atom is 0.343 e. The predicted molar refractivity (Wildman–Crippen MR) is 121 cm³/mol. The Morgan fingerprint density at radius 2 is 1.71 bits per heavy atom. The molecule has 0 atom stereocenters. The van der Waals surface area contributed by atoms with Crippen LogP contribution in [0.3, 0.4) is 0 Å². The minimum Gasteiger partial charge on any atom is -0.423 e. The molecule has 1 heterocycles. The van der Waals surface area contributed by atoms with Crippen molar-refractivity contribution in [3.8, 4) is 5.75 Å². The summed E-state index contributed by atoms with van der Waals surface area (Å²) in [4.78, 5) is 38.9. The maximum absolute atomic E-state index is 12.7. The largest absolute Gasteiger partial charge is 0.423 e. The summed E-state index contributed by atoms with van der Waals surface area (Å²) in [5.74, 6) is -0.485. The summed E-state index contributed by atoms with van der Waals surface area (Å²) in [6, 6.07) is 22.5. The molecule has 0 aromatic heterocycles. The van der Waals surface area contributed by atoms with Crippen LogP contribution in [0.25, 0.3) is 6.08 Å². The van der Waals surface area contributed by atoms with Crippen LogP contribution in [0.5, 0.6) is 5.75 Å². The molecule has 1 saturated heterocycles. The number of imide groups is 1. The van der Waals surface area contributed by atoms with Crippen molar-refractivity contribution in [2.24, 2.45) is 0 Å². The van der Waals surface area contributed by atoms with Crippen molar-refractivity contribution in [3.63, 3.8) is 0 Å². The molecule has 2 amide bonds. The zero-order valence-electron chi connectivity index (χ0n) is 16.2. The lowest BCUT2D eigenvalue weighted by Gasteiger charge is -2.12. The third kappa shape index (κ3) is 5.05. The first kappa shape index (κ1) is 20.9. The lowest BCUT2D eigenvalue weighted by Crippen LogP contribution is -2.27. The molecule has 5 nitrogen and oxygen atoms in total. The average molecular weight is 450 g/mol. The Hall–Kier alpha value is -3.35. The van der Waals surface area contributed by atoms with Gasteiger partial charge in [0.1, 0.15) is 5.75 Å². The molecule has 0 radical (unpaired) electrons. The van der Waals surface area contributed by atoms with Gasteiger partial charge in [-0.15, -0.1) is 0 Å². The quantitative estimate of drug-likeness (QED) is 0.280. The van der Waals surface area contributed by atoms with Crippen LogP contribution in [0.4, 0.5) is 4.79 Å². The van der Waals surface area contributed by atoms with Gasteiger partial charge in [0, 0.05) is 5.02 Å². The lowest BCUT2D eigenvalue weighted by atomic mass is 10.2. The Bertz CT molecular complexity index is 1180. The smallest absolute Gasteiger partial charge is 0.343 e.